The molecule has 1 amide bonds. The molecule has 1 saturated heterocycles. The van der Waals surface area contributed by atoms with E-state index < -0.39 is 0 Å². The fourth-order valence-corrected chi connectivity index (χ4v) is 4.97. The smallest absolute Gasteiger partial charge is 0.226 e. The molecule has 0 spiro atoms. The fourth-order valence-electron chi connectivity index (χ4n) is 3.71. The summed E-state index contributed by atoms with van der Waals surface area (Å²) in [5.74, 6) is 1.02. The largest absolute Gasteiger partial charge is 0.350 e. The van der Waals surface area contributed by atoms with E-state index in [1.165, 1.54) is 37.7 Å². The Hall–Kier alpha value is -1.20. The number of anilines is 1. The predicted molar refractivity (Wildman–Crippen MR) is 124 cm³/mol. The van der Waals surface area contributed by atoms with Gasteiger partial charge in [-0.15, -0.1) is 12.4 Å². The van der Waals surface area contributed by atoms with Gasteiger partial charge in [-0.1, -0.05) is 63.9 Å². The molecule has 1 saturated carbocycles. The van der Waals surface area contributed by atoms with E-state index in [-0.39, 0.29) is 29.8 Å². The van der Waals surface area contributed by atoms with Gasteiger partial charge in [0, 0.05) is 31.0 Å². The Morgan fingerprint density at radius 2 is 1.82 bits per heavy atom. The zero-order chi connectivity index (χ0) is 19.4. The minimum atomic E-state index is 0. The first-order valence-electron chi connectivity index (χ1n) is 10.2. The first kappa shape index (κ1) is 23.1. The SMILES string of the molecule is CN1/C(=N/C2CCCCC2)SCC1CC(=O)Nc1ccc(C(C)(C)C)cc1.Cl. The summed E-state index contributed by atoms with van der Waals surface area (Å²) in [6, 6.07) is 8.91. The summed E-state index contributed by atoms with van der Waals surface area (Å²) in [7, 11) is 2.08. The van der Waals surface area contributed by atoms with Crippen LogP contribution in [0.5, 0.6) is 0 Å². The lowest BCUT2D eigenvalue weighted by Crippen LogP contribution is -2.34. The molecular formula is C22H34ClN3OS. The highest BCUT2D eigenvalue weighted by molar-refractivity contribution is 8.14. The van der Waals surface area contributed by atoms with Gasteiger partial charge in [0.05, 0.1) is 6.04 Å². The van der Waals surface area contributed by atoms with Crippen molar-refractivity contribution < 1.29 is 4.79 Å². The van der Waals surface area contributed by atoms with Crippen LogP contribution >= 0.6 is 24.2 Å². The van der Waals surface area contributed by atoms with E-state index in [0.29, 0.717) is 12.5 Å². The van der Waals surface area contributed by atoms with Gasteiger partial charge in [-0.2, -0.15) is 0 Å². The number of thioether (sulfide) groups is 1. The number of carbonyl (C=O) groups is 1. The Bertz CT molecular complexity index is 678. The molecule has 0 bridgehead atoms. The Balaban J connectivity index is 0.00000280. The van der Waals surface area contributed by atoms with Crippen LogP contribution in [0.3, 0.4) is 0 Å². The third-order valence-corrected chi connectivity index (χ3v) is 6.78. The summed E-state index contributed by atoms with van der Waals surface area (Å²) in [4.78, 5) is 19.7. The van der Waals surface area contributed by atoms with Crippen LogP contribution in [0.25, 0.3) is 0 Å². The number of hydrogen-bond donors (Lipinski definition) is 1. The molecule has 1 heterocycles. The lowest BCUT2D eigenvalue weighted by Gasteiger charge is -2.23. The molecule has 156 valence electrons. The highest BCUT2D eigenvalue weighted by atomic mass is 35.5. The van der Waals surface area contributed by atoms with Crippen molar-refractivity contribution in [2.45, 2.75) is 76.8 Å². The molecule has 1 aliphatic heterocycles. The summed E-state index contributed by atoms with van der Waals surface area (Å²) in [5, 5.41) is 4.17. The van der Waals surface area contributed by atoms with Crippen molar-refractivity contribution in [3.05, 3.63) is 29.8 Å². The third kappa shape index (κ3) is 6.15. The first-order valence-corrected chi connectivity index (χ1v) is 11.2. The van der Waals surface area contributed by atoms with E-state index in [4.69, 9.17) is 4.99 Å². The van der Waals surface area contributed by atoms with Gasteiger partial charge < -0.3 is 10.2 Å². The molecule has 0 radical (unpaired) electrons. The number of rotatable bonds is 4. The lowest BCUT2D eigenvalue weighted by atomic mass is 9.87. The van der Waals surface area contributed by atoms with Gasteiger partial charge >= 0.3 is 0 Å². The number of nitrogens with one attached hydrogen (secondary N) is 1. The Kier molecular flexibility index (Phi) is 8.26. The van der Waals surface area contributed by atoms with Gasteiger partial charge in [0.1, 0.15) is 0 Å². The summed E-state index contributed by atoms with van der Waals surface area (Å²) >= 11 is 1.80. The minimum Gasteiger partial charge on any atom is -0.350 e. The number of benzene rings is 1. The molecule has 1 aromatic rings. The summed E-state index contributed by atoms with van der Waals surface area (Å²) in [5.41, 5.74) is 2.27. The van der Waals surface area contributed by atoms with Crippen LogP contribution in [0.2, 0.25) is 0 Å². The van der Waals surface area contributed by atoms with Crippen LogP contribution in [0.4, 0.5) is 5.69 Å². The average Bonchev–Trinajstić information content (AvgIpc) is 2.95. The van der Waals surface area contributed by atoms with Crippen LogP contribution in [0.1, 0.15) is 64.9 Å². The van der Waals surface area contributed by atoms with Crippen molar-refractivity contribution in [3.8, 4) is 0 Å². The summed E-state index contributed by atoms with van der Waals surface area (Å²) < 4.78 is 0. The van der Waals surface area contributed by atoms with Crippen LogP contribution in [0.15, 0.2) is 29.3 Å². The van der Waals surface area contributed by atoms with E-state index >= 15 is 0 Å². The number of amides is 1. The van der Waals surface area contributed by atoms with Crippen molar-refractivity contribution >= 4 is 40.9 Å². The standard InChI is InChI=1S/C22H33N3OS.ClH/c1-22(2,3)16-10-12-18(13-11-16)23-20(26)14-19-15-27-21(25(19)4)24-17-8-6-5-7-9-17;/h10-13,17,19H,5-9,14-15H2,1-4H3,(H,23,26);1H/b24-21-;. The van der Waals surface area contributed by atoms with Crippen molar-refractivity contribution in [1.29, 1.82) is 0 Å². The summed E-state index contributed by atoms with van der Waals surface area (Å²) in [6.45, 7) is 6.59. The van der Waals surface area contributed by atoms with Gasteiger partial charge in [-0.05, 0) is 36.0 Å². The van der Waals surface area contributed by atoms with Gasteiger partial charge in [0.25, 0.3) is 0 Å². The quantitative estimate of drug-likeness (QED) is 0.698. The van der Waals surface area contributed by atoms with Crippen molar-refractivity contribution in [2.24, 2.45) is 4.99 Å². The molecule has 6 heteroatoms. The zero-order valence-electron chi connectivity index (χ0n) is 17.5. The van der Waals surface area contributed by atoms with Crippen molar-refractivity contribution in [1.82, 2.24) is 4.90 Å². The van der Waals surface area contributed by atoms with E-state index in [1.807, 2.05) is 12.1 Å². The molecule has 28 heavy (non-hydrogen) atoms. The molecular weight excluding hydrogens is 390 g/mol. The minimum absolute atomic E-state index is 0. The second-order valence-electron chi connectivity index (χ2n) is 8.86. The van der Waals surface area contributed by atoms with Gasteiger partial charge in [0.2, 0.25) is 5.91 Å². The van der Waals surface area contributed by atoms with E-state index in [9.17, 15) is 4.79 Å². The molecule has 1 unspecified atom stereocenters. The fraction of sp³-hybridized carbons (Fsp3) is 0.636. The molecule has 2 aliphatic rings. The number of hydrogen-bond acceptors (Lipinski definition) is 3. The molecule has 3 rings (SSSR count). The second kappa shape index (κ2) is 10.0. The second-order valence-corrected chi connectivity index (χ2v) is 9.85. The molecule has 1 atom stereocenters. The molecule has 2 fully saturated rings. The average molecular weight is 424 g/mol. The number of nitrogens with zero attached hydrogens (tertiary/aromatic N) is 2. The zero-order valence-corrected chi connectivity index (χ0v) is 19.2. The number of aliphatic imine (C=N–C) groups is 1. The van der Waals surface area contributed by atoms with Crippen molar-refractivity contribution in [2.75, 3.05) is 18.1 Å². The Morgan fingerprint density at radius 3 is 2.43 bits per heavy atom. The lowest BCUT2D eigenvalue weighted by molar-refractivity contribution is -0.116. The maximum absolute atomic E-state index is 12.5. The van der Waals surface area contributed by atoms with E-state index in [2.05, 4.69) is 50.2 Å². The number of halogens is 1. The number of amidine groups is 1. The predicted octanol–water partition coefficient (Wildman–Crippen LogP) is 5.47. The summed E-state index contributed by atoms with van der Waals surface area (Å²) in [6.07, 6.45) is 6.89. The van der Waals surface area contributed by atoms with E-state index in [0.717, 1.165) is 16.6 Å². The first-order chi connectivity index (χ1) is 12.8. The highest BCUT2D eigenvalue weighted by Gasteiger charge is 2.30. The highest BCUT2D eigenvalue weighted by Crippen LogP contribution is 2.29. The molecule has 4 nitrogen and oxygen atoms in total. The normalized spacial score (nSPS) is 22.2. The third-order valence-electron chi connectivity index (χ3n) is 5.58. The van der Waals surface area contributed by atoms with Crippen LogP contribution in [-0.2, 0) is 10.2 Å². The molecule has 0 aromatic heterocycles. The Labute approximate surface area is 180 Å². The van der Waals surface area contributed by atoms with Crippen LogP contribution in [0, 0.1) is 0 Å². The van der Waals surface area contributed by atoms with Crippen LogP contribution in [-0.4, -0.2) is 40.9 Å². The molecule has 1 N–H and O–H groups in total. The van der Waals surface area contributed by atoms with Gasteiger partial charge in [0.15, 0.2) is 5.17 Å². The molecule has 1 aromatic carbocycles. The monoisotopic (exact) mass is 423 g/mol. The van der Waals surface area contributed by atoms with Gasteiger partial charge in [-0.25, -0.2) is 0 Å². The maximum Gasteiger partial charge on any atom is 0.226 e. The number of carbonyl (C=O) groups excluding carboxylic acids is 1. The van der Waals surface area contributed by atoms with E-state index in [1.54, 1.807) is 11.8 Å². The topological polar surface area (TPSA) is 44.7 Å². The van der Waals surface area contributed by atoms with Crippen molar-refractivity contribution in [3.63, 3.8) is 0 Å². The van der Waals surface area contributed by atoms with Gasteiger partial charge in [-0.3, -0.25) is 9.79 Å². The van der Waals surface area contributed by atoms with Crippen LogP contribution < -0.4 is 5.32 Å². The molecule has 1 aliphatic carbocycles. The Morgan fingerprint density at radius 1 is 1.18 bits per heavy atom. The maximum atomic E-state index is 12.5.